The summed E-state index contributed by atoms with van der Waals surface area (Å²) in [7, 11) is 1.95. The van der Waals surface area contributed by atoms with Crippen molar-refractivity contribution in [2.45, 2.75) is 50.6 Å². The van der Waals surface area contributed by atoms with Crippen molar-refractivity contribution in [3.05, 3.63) is 89.5 Å². The minimum absolute atomic E-state index is 0.0553. The van der Waals surface area contributed by atoms with Crippen LogP contribution in [0.1, 0.15) is 75.6 Å². The van der Waals surface area contributed by atoms with Gasteiger partial charge in [0, 0.05) is 63.4 Å². The van der Waals surface area contributed by atoms with Gasteiger partial charge in [0.05, 0.1) is 30.4 Å². The first-order chi connectivity index (χ1) is 30.1. The zero-order valence-corrected chi connectivity index (χ0v) is 34.6. The van der Waals surface area contributed by atoms with Crippen LogP contribution >= 0.6 is 0 Å². The zero-order chi connectivity index (χ0) is 43.3. The minimum atomic E-state index is -1.03. The average molecular weight is 846 g/mol. The number of nitrogens with one attached hydrogen (secondary N) is 3. The Morgan fingerprint density at radius 1 is 0.887 bits per heavy atom. The van der Waals surface area contributed by atoms with Gasteiger partial charge in [-0.25, -0.2) is 4.68 Å². The van der Waals surface area contributed by atoms with Gasteiger partial charge in [-0.05, 0) is 87.2 Å². The molecule has 2 saturated heterocycles. The smallest absolute Gasteiger partial charge is 0.264 e. The number of hydrogen-bond donors (Lipinski definition) is 4. The van der Waals surface area contributed by atoms with Crippen LogP contribution in [0.5, 0.6) is 11.5 Å². The number of para-hydroxylation sites is 1. The van der Waals surface area contributed by atoms with Gasteiger partial charge in [0.1, 0.15) is 34.6 Å². The number of fused-ring (bicyclic) bond motifs is 2. The van der Waals surface area contributed by atoms with Gasteiger partial charge in [-0.1, -0.05) is 24.3 Å². The fourth-order valence-corrected chi connectivity index (χ4v) is 8.81. The first-order valence-electron chi connectivity index (χ1n) is 21.2. The first kappa shape index (κ1) is 42.1. The number of carbonyl (C=O) groups is 6. The number of nitrogens with zero attached hydrogens (tertiary/aromatic N) is 5. The fourth-order valence-electron chi connectivity index (χ4n) is 8.81. The van der Waals surface area contributed by atoms with Gasteiger partial charge >= 0.3 is 0 Å². The molecule has 17 heteroatoms. The maximum atomic E-state index is 13.3. The molecule has 2 atom stereocenters. The highest BCUT2D eigenvalue weighted by molar-refractivity contribution is 6.25. The molecule has 0 bridgehead atoms. The third kappa shape index (κ3) is 8.90. The quantitative estimate of drug-likeness (QED) is 0.0936. The molecule has 0 radical (unpaired) electrons. The molecule has 2 fully saturated rings. The molecule has 324 valence electrons. The number of hydrogen-bond acceptors (Lipinski definition) is 12. The Morgan fingerprint density at radius 3 is 2.39 bits per heavy atom. The summed E-state index contributed by atoms with van der Waals surface area (Å²) in [6.45, 7) is 4.35. The number of nitrogens with two attached hydrogens (primary N) is 1. The highest BCUT2D eigenvalue weighted by Gasteiger charge is 2.45. The lowest BCUT2D eigenvalue weighted by Gasteiger charge is -2.38. The number of carbonyl (C=O) groups excluding carboxylic acids is 6. The summed E-state index contributed by atoms with van der Waals surface area (Å²) in [5.41, 5.74) is 8.51. The maximum Gasteiger partial charge on any atom is 0.264 e. The summed E-state index contributed by atoms with van der Waals surface area (Å²) >= 11 is 0. The Kier molecular flexibility index (Phi) is 12.6. The highest BCUT2D eigenvalue weighted by Crippen LogP contribution is 2.40. The Hall–Kier alpha value is -6.59. The van der Waals surface area contributed by atoms with Gasteiger partial charge in [-0.2, -0.15) is 5.10 Å². The lowest BCUT2D eigenvalue weighted by atomic mass is 9.86. The van der Waals surface area contributed by atoms with Gasteiger partial charge < -0.3 is 35.6 Å². The SMILES string of the molecule is CN(CCOCCNc1cccc2c1C(=O)N(C1CCC(=O)NC1=O)C2=O)CCC(=O)N1CCC([C@@H]2CCNc3c(C(N)=O)c(-c4ccc(Oc5ccccc5)cc4)nn32)CC1. The number of amides is 6. The summed E-state index contributed by atoms with van der Waals surface area (Å²) in [6.07, 6.45) is 3.04. The van der Waals surface area contributed by atoms with E-state index in [1.54, 1.807) is 18.2 Å². The van der Waals surface area contributed by atoms with E-state index in [0.717, 1.165) is 35.5 Å². The van der Waals surface area contributed by atoms with Gasteiger partial charge in [0.2, 0.25) is 17.7 Å². The summed E-state index contributed by atoms with van der Waals surface area (Å²) in [5.74, 6) is -0.303. The topological polar surface area (TPSA) is 211 Å². The number of aromatic nitrogens is 2. The molecule has 1 aromatic heterocycles. The molecule has 17 nitrogen and oxygen atoms in total. The van der Waals surface area contributed by atoms with E-state index in [1.165, 1.54) is 0 Å². The van der Waals surface area contributed by atoms with E-state index in [9.17, 15) is 28.8 Å². The molecule has 62 heavy (non-hydrogen) atoms. The molecule has 4 aromatic rings. The zero-order valence-electron chi connectivity index (χ0n) is 34.6. The summed E-state index contributed by atoms with van der Waals surface area (Å²) in [4.78, 5) is 81.5. The van der Waals surface area contributed by atoms with E-state index in [-0.39, 0.29) is 41.8 Å². The molecule has 0 spiro atoms. The van der Waals surface area contributed by atoms with Crippen molar-refractivity contribution < 1.29 is 38.2 Å². The van der Waals surface area contributed by atoms with Crippen molar-refractivity contribution in [1.82, 2.24) is 29.8 Å². The van der Waals surface area contributed by atoms with Crippen molar-refractivity contribution in [3.8, 4) is 22.8 Å². The normalized spacial score (nSPS) is 18.9. The second kappa shape index (κ2) is 18.6. The predicted molar refractivity (Wildman–Crippen MR) is 229 cm³/mol. The molecule has 8 rings (SSSR count). The molecule has 5 heterocycles. The molecule has 6 amide bonds. The van der Waals surface area contributed by atoms with Crippen LogP contribution in [0.2, 0.25) is 0 Å². The van der Waals surface area contributed by atoms with Crippen LogP contribution in [0.4, 0.5) is 11.5 Å². The van der Waals surface area contributed by atoms with Crippen LogP contribution in [0, 0.1) is 5.92 Å². The van der Waals surface area contributed by atoms with Crippen LogP contribution in [-0.4, -0.2) is 125 Å². The van der Waals surface area contributed by atoms with E-state index in [2.05, 4.69) is 20.9 Å². The average Bonchev–Trinajstić information content (AvgIpc) is 3.80. The number of anilines is 2. The third-order valence-corrected chi connectivity index (χ3v) is 12.1. The van der Waals surface area contributed by atoms with Gasteiger partial charge in [0.15, 0.2) is 0 Å². The molecule has 1 unspecified atom stereocenters. The van der Waals surface area contributed by atoms with Gasteiger partial charge in [-0.15, -0.1) is 0 Å². The van der Waals surface area contributed by atoms with E-state index < -0.39 is 35.6 Å². The molecular weight excluding hydrogens is 795 g/mol. The number of piperidine rings is 2. The molecule has 0 saturated carbocycles. The van der Waals surface area contributed by atoms with E-state index in [1.807, 2.05) is 71.2 Å². The molecule has 5 N–H and O–H groups in total. The maximum absolute atomic E-state index is 13.3. The summed E-state index contributed by atoms with van der Waals surface area (Å²) in [6, 6.07) is 21.0. The number of primary amides is 1. The minimum Gasteiger partial charge on any atom is -0.457 e. The standard InChI is InChI=1S/C45H51N9O8/c1-51(25-27-61-26-21-47-33-9-5-8-32-38(33)45(60)53(44(32)59)35-14-15-36(55)49-43(35)58)22-19-37(56)52-23-17-28(18-24-52)34-16-20-48-42-39(41(46)57)40(50-54(34)42)29-10-12-31(13-11-29)62-30-6-3-2-4-7-30/h2-13,28,34-35,47-48H,14-27H2,1H3,(H2,46,57)(H,49,55,58)/t34-,35?/m0/s1. The second-order valence-electron chi connectivity index (χ2n) is 16.1. The van der Waals surface area contributed by atoms with Crippen LogP contribution < -0.4 is 26.4 Å². The number of imide groups is 2. The largest absolute Gasteiger partial charge is 0.457 e. The Labute approximate surface area is 358 Å². The van der Waals surface area contributed by atoms with Crippen molar-refractivity contribution >= 4 is 46.9 Å². The molecule has 4 aliphatic rings. The van der Waals surface area contributed by atoms with Crippen LogP contribution in [0.3, 0.4) is 0 Å². The first-order valence-corrected chi connectivity index (χ1v) is 21.2. The lowest BCUT2D eigenvalue weighted by Crippen LogP contribution is -2.54. The van der Waals surface area contributed by atoms with Crippen molar-refractivity contribution in [1.29, 1.82) is 0 Å². The predicted octanol–water partition coefficient (Wildman–Crippen LogP) is 3.89. The van der Waals surface area contributed by atoms with Crippen LogP contribution in [-0.2, 0) is 19.1 Å². The monoisotopic (exact) mass is 845 g/mol. The molecular formula is C45H51N9O8. The lowest BCUT2D eigenvalue weighted by molar-refractivity contribution is -0.136. The van der Waals surface area contributed by atoms with Crippen LogP contribution in [0.25, 0.3) is 11.3 Å². The van der Waals surface area contributed by atoms with Crippen molar-refractivity contribution in [2.24, 2.45) is 11.7 Å². The second-order valence-corrected chi connectivity index (χ2v) is 16.1. The van der Waals surface area contributed by atoms with E-state index in [0.29, 0.717) is 87.4 Å². The van der Waals surface area contributed by atoms with E-state index in [4.69, 9.17) is 20.3 Å². The van der Waals surface area contributed by atoms with Gasteiger partial charge in [-0.3, -0.25) is 39.0 Å². The number of ether oxygens (including phenoxy) is 2. The Bertz CT molecular complexity index is 2340. The third-order valence-electron chi connectivity index (χ3n) is 12.1. The Balaban J connectivity index is 0.765. The number of likely N-dealkylation sites (tertiary alicyclic amines) is 1. The van der Waals surface area contributed by atoms with Crippen molar-refractivity contribution in [3.63, 3.8) is 0 Å². The summed E-state index contributed by atoms with van der Waals surface area (Å²) in [5, 5.41) is 13.7. The molecule has 4 aliphatic heterocycles. The summed E-state index contributed by atoms with van der Waals surface area (Å²) < 4.78 is 13.7. The number of rotatable bonds is 16. The van der Waals surface area contributed by atoms with Crippen LogP contribution in [0.15, 0.2) is 72.8 Å². The number of likely N-dealkylation sites (N-methyl/N-ethyl adjacent to an activating group) is 1. The Morgan fingerprint density at radius 2 is 1.65 bits per heavy atom. The van der Waals surface area contributed by atoms with E-state index >= 15 is 0 Å². The number of benzene rings is 3. The molecule has 0 aliphatic carbocycles. The highest BCUT2D eigenvalue weighted by atomic mass is 16.5. The molecule has 3 aromatic carbocycles. The van der Waals surface area contributed by atoms with Crippen molar-refractivity contribution in [2.75, 3.05) is 70.2 Å². The fraction of sp³-hybridized carbons (Fsp3) is 0.400. The van der Waals surface area contributed by atoms with Gasteiger partial charge in [0.25, 0.3) is 17.7 Å².